The molecule has 3 aromatic rings. The van der Waals surface area contributed by atoms with E-state index in [0.29, 0.717) is 0 Å². The van der Waals surface area contributed by atoms with Gasteiger partial charge in [-0.25, -0.2) is 0 Å². The number of aromatic nitrogens is 3. The highest BCUT2D eigenvalue weighted by Crippen LogP contribution is 2.33. The zero-order chi connectivity index (χ0) is 13.4. The smallest absolute Gasteiger partial charge is 0.148 e. The fraction of sp³-hybridized carbons (Fsp3) is 0.214. The Morgan fingerprint density at radius 1 is 1.21 bits per heavy atom. The summed E-state index contributed by atoms with van der Waals surface area (Å²) in [5.41, 5.74) is 3.03. The van der Waals surface area contributed by atoms with Crippen molar-refractivity contribution >= 4 is 33.8 Å². The summed E-state index contributed by atoms with van der Waals surface area (Å²) < 4.78 is 0. The summed E-state index contributed by atoms with van der Waals surface area (Å²) in [6.07, 6.45) is 0. The third-order valence-corrected chi connectivity index (χ3v) is 4.33. The van der Waals surface area contributed by atoms with Gasteiger partial charge >= 0.3 is 0 Å². The number of nitrogens with zero attached hydrogens (tertiary/aromatic N) is 3. The van der Waals surface area contributed by atoms with E-state index in [4.69, 9.17) is 11.6 Å². The summed E-state index contributed by atoms with van der Waals surface area (Å²) in [5.74, 6) is 0. The van der Waals surface area contributed by atoms with Crippen molar-refractivity contribution in [3.05, 3.63) is 41.0 Å². The number of alkyl halides is 1. The second kappa shape index (κ2) is 4.87. The molecule has 2 heterocycles. The van der Waals surface area contributed by atoms with Crippen LogP contribution in [0.3, 0.4) is 0 Å². The summed E-state index contributed by atoms with van der Waals surface area (Å²) in [6, 6.07) is 10.1. The van der Waals surface area contributed by atoms with Gasteiger partial charge in [0.25, 0.3) is 0 Å². The van der Waals surface area contributed by atoms with Crippen LogP contribution in [0.4, 0.5) is 0 Å². The van der Waals surface area contributed by atoms with Crippen LogP contribution in [0.5, 0.6) is 0 Å². The quantitative estimate of drug-likeness (QED) is 0.658. The third-order valence-electron chi connectivity index (χ3n) is 2.86. The first-order chi connectivity index (χ1) is 9.15. The van der Waals surface area contributed by atoms with Gasteiger partial charge in [-0.2, -0.15) is 0 Å². The maximum absolute atomic E-state index is 6.05. The number of hydrogen-bond donors (Lipinski definition) is 0. The molecule has 19 heavy (non-hydrogen) atoms. The molecule has 1 atom stereocenters. The van der Waals surface area contributed by atoms with Gasteiger partial charge in [0, 0.05) is 16.6 Å². The van der Waals surface area contributed by atoms with Crippen LogP contribution >= 0.6 is 22.9 Å². The van der Waals surface area contributed by atoms with Crippen LogP contribution in [-0.2, 0) is 0 Å². The molecule has 0 radical (unpaired) electrons. The fourth-order valence-electron chi connectivity index (χ4n) is 1.99. The van der Waals surface area contributed by atoms with Crippen molar-refractivity contribution in [3.63, 3.8) is 0 Å². The van der Waals surface area contributed by atoms with E-state index in [9.17, 15) is 0 Å². The molecule has 5 heteroatoms. The SMILES string of the molecule is Cc1cc(-c2nnc(C(C)Cl)s2)c2ccccc2n1. The van der Waals surface area contributed by atoms with Gasteiger partial charge in [0.1, 0.15) is 10.0 Å². The molecular formula is C14H12ClN3S. The maximum Gasteiger partial charge on any atom is 0.148 e. The number of aryl methyl sites for hydroxylation is 1. The van der Waals surface area contributed by atoms with E-state index < -0.39 is 0 Å². The molecule has 1 aromatic carbocycles. The van der Waals surface area contributed by atoms with E-state index in [1.165, 1.54) is 11.3 Å². The molecule has 0 fully saturated rings. The fourth-order valence-corrected chi connectivity index (χ4v) is 2.97. The number of halogens is 1. The number of pyridine rings is 1. The van der Waals surface area contributed by atoms with Crippen molar-refractivity contribution in [2.45, 2.75) is 19.2 Å². The first-order valence-corrected chi connectivity index (χ1v) is 7.24. The Morgan fingerprint density at radius 2 is 2.00 bits per heavy atom. The lowest BCUT2D eigenvalue weighted by Gasteiger charge is -2.04. The summed E-state index contributed by atoms with van der Waals surface area (Å²) in [5, 5.41) is 11.1. The second-order valence-electron chi connectivity index (χ2n) is 4.39. The average Bonchev–Trinajstić information content (AvgIpc) is 2.87. The largest absolute Gasteiger partial charge is 0.253 e. The summed E-state index contributed by atoms with van der Waals surface area (Å²) in [7, 11) is 0. The van der Waals surface area contributed by atoms with E-state index in [-0.39, 0.29) is 5.38 Å². The lowest BCUT2D eigenvalue weighted by atomic mass is 10.1. The Morgan fingerprint density at radius 3 is 2.74 bits per heavy atom. The normalized spacial score (nSPS) is 12.8. The number of hydrogen-bond acceptors (Lipinski definition) is 4. The van der Waals surface area contributed by atoms with Gasteiger partial charge in [-0.1, -0.05) is 29.5 Å². The highest BCUT2D eigenvalue weighted by molar-refractivity contribution is 7.15. The number of para-hydroxylation sites is 1. The Kier molecular flexibility index (Phi) is 3.21. The van der Waals surface area contributed by atoms with E-state index in [0.717, 1.165) is 32.2 Å². The topological polar surface area (TPSA) is 38.7 Å². The van der Waals surface area contributed by atoms with Gasteiger partial charge in [-0.15, -0.1) is 21.8 Å². The zero-order valence-electron chi connectivity index (χ0n) is 10.6. The lowest BCUT2D eigenvalue weighted by molar-refractivity contribution is 0.962. The Labute approximate surface area is 120 Å². The molecule has 0 spiro atoms. The molecule has 96 valence electrons. The minimum absolute atomic E-state index is 0.111. The van der Waals surface area contributed by atoms with Crippen LogP contribution in [0.15, 0.2) is 30.3 Å². The molecule has 0 saturated carbocycles. The van der Waals surface area contributed by atoms with Gasteiger partial charge in [-0.3, -0.25) is 4.98 Å². The lowest BCUT2D eigenvalue weighted by Crippen LogP contribution is -1.87. The van der Waals surface area contributed by atoms with Crippen molar-refractivity contribution in [3.8, 4) is 10.6 Å². The van der Waals surface area contributed by atoms with Crippen LogP contribution in [-0.4, -0.2) is 15.2 Å². The molecule has 0 bridgehead atoms. The molecule has 0 saturated heterocycles. The first kappa shape index (κ1) is 12.5. The molecule has 2 aromatic heterocycles. The van der Waals surface area contributed by atoms with Gasteiger partial charge in [0.2, 0.25) is 0 Å². The molecule has 0 N–H and O–H groups in total. The summed E-state index contributed by atoms with van der Waals surface area (Å²) >= 11 is 7.58. The Hall–Kier alpha value is -1.52. The second-order valence-corrected chi connectivity index (χ2v) is 6.05. The first-order valence-electron chi connectivity index (χ1n) is 5.99. The minimum Gasteiger partial charge on any atom is -0.253 e. The third kappa shape index (κ3) is 2.33. The summed E-state index contributed by atoms with van der Waals surface area (Å²) in [4.78, 5) is 4.53. The van der Waals surface area contributed by atoms with E-state index in [1.807, 2.05) is 38.1 Å². The molecule has 3 rings (SSSR count). The zero-order valence-corrected chi connectivity index (χ0v) is 12.2. The molecule has 1 unspecified atom stereocenters. The predicted molar refractivity (Wildman–Crippen MR) is 79.7 cm³/mol. The van der Waals surface area contributed by atoms with E-state index in [2.05, 4.69) is 21.2 Å². The minimum atomic E-state index is -0.111. The van der Waals surface area contributed by atoms with Gasteiger partial charge in [0.05, 0.1) is 10.9 Å². The van der Waals surface area contributed by atoms with Crippen molar-refractivity contribution < 1.29 is 0 Å². The predicted octanol–water partition coefficient (Wildman–Crippen LogP) is 4.36. The highest BCUT2D eigenvalue weighted by Gasteiger charge is 2.13. The van der Waals surface area contributed by atoms with Crippen LogP contribution < -0.4 is 0 Å². The van der Waals surface area contributed by atoms with Crippen LogP contribution in [0.2, 0.25) is 0 Å². The average molecular weight is 290 g/mol. The molecule has 3 nitrogen and oxygen atoms in total. The molecule has 0 amide bonds. The van der Waals surface area contributed by atoms with Gasteiger partial charge in [-0.05, 0) is 26.0 Å². The standard InChI is InChI=1S/C14H12ClN3S/c1-8-7-11(10-5-3-4-6-12(10)16-8)14-18-17-13(19-14)9(2)15/h3-7,9H,1-2H3. The van der Waals surface area contributed by atoms with Crippen molar-refractivity contribution in [2.75, 3.05) is 0 Å². The number of fused-ring (bicyclic) bond motifs is 1. The van der Waals surface area contributed by atoms with Gasteiger partial charge in [0.15, 0.2) is 0 Å². The molecule has 0 aliphatic heterocycles. The summed E-state index contributed by atoms with van der Waals surface area (Å²) in [6.45, 7) is 3.89. The van der Waals surface area contributed by atoms with Crippen LogP contribution in [0.25, 0.3) is 21.5 Å². The Bertz CT molecular complexity index is 736. The van der Waals surface area contributed by atoms with Crippen molar-refractivity contribution in [1.29, 1.82) is 0 Å². The van der Waals surface area contributed by atoms with E-state index in [1.54, 1.807) is 0 Å². The van der Waals surface area contributed by atoms with Crippen LogP contribution in [0.1, 0.15) is 23.0 Å². The number of rotatable bonds is 2. The monoisotopic (exact) mass is 289 g/mol. The van der Waals surface area contributed by atoms with Gasteiger partial charge < -0.3 is 0 Å². The maximum atomic E-state index is 6.05. The molecule has 0 aliphatic rings. The van der Waals surface area contributed by atoms with E-state index >= 15 is 0 Å². The highest BCUT2D eigenvalue weighted by atomic mass is 35.5. The van der Waals surface area contributed by atoms with Crippen molar-refractivity contribution in [2.24, 2.45) is 0 Å². The van der Waals surface area contributed by atoms with Crippen molar-refractivity contribution in [1.82, 2.24) is 15.2 Å². The van der Waals surface area contributed by atoms with Crippen LogP contribution in [0, 0.1) is 6.92 Å². The Balaban J connectivity index is 2.23. The molecular weight excluding hydrogens is 278 g/mol. The number of benzene rings is 1. The molecule has 0 aliphatic carbocycles.